The van der Waals surface area contributed by atoms with E-state index in [0.29, 0.717) is 29.7 Å². The van der Waals surface area contributed by atoms with E-state index in [1.165, 1.54) is 0 Å². The molecular weight excluding hydrogens is 477 g/mol. The van der Waals surface area contributed by atoms with Crippen molar-refractivity contribution in [3.63, 3.8) is 0 Å². The summed E-state index contributed by atoms with van der Waals surface area (Å²) in [5, 5.41) is 11.3. The Hall–Kier alpha value is -3.43. The SMILES string of the molecule is Cc1csc(C2CCCN2C(=O)c2cc(CF)cc(-c3nnc(C(C)(N)Cc4ccccc4)o3)c2)n1. The zero-order valence-electron chi connectivity index (χ0n) is 20.3. The largest absolute Gasteiger partial charge is 0.419 e. The monoisotopic (exact) mass is 505 g/mol. The van der Waals surface area contributed by atoms with Gasteiger partial charge in [-0.15, -0.1) is 21.5 Å². The number of amides is 1. The van der Waals surface area contributed by atoms with Crippen LogP contribution in [0, 0.1) is 6.92 Å². The van der Waals surface area contributed by atoms with Crippen LogP contribution in [0.2, 0.25) is 0 Å². The topological polar surface area (TPSA) is 98.1 Å². The van der Waals surface area contributed by atoms with Gasteiger partial charge in [0, 0.05) is 28.7 Å². The van der Waals surface area contributed by atoms with Crippen molar-refractivity contribution in [3.05, 3.63) is 87.2 Å². The summed E-state index contributed by atoms with van der Waals surface area (Å²) in [4.78, 5) is 20.0. The number of likely N-dealkylation sites (tertiary alicyclic amines) is 1. The van der Waals surface area contributed by atoms with Gasteiger partial charge in [-0.05, 0) is 62.4 Å². The molecule has 0 radical (unpaired) electrons. The first-order chi connectivity index (χ1) is 17.3. The van der Waals surface area contributed by atoms with Gasteiger partial charge in [-0.3, -0.25) is 4.79 Å². The molecular formula is C27H28FN5O2S. The van der Waals surface area contributed by atoms with E-state index in [4.69, 9.17) is 10.2 Å². The number of rotatable bonds is 7. The Labute approximate surface area is 213 Å². The molecule has 1 fully saturated rings. The molecule has 7 nitrogen and oxygen atoms in total. The molecule has 2 aromatic carbocycles. The highest BCUT2D eigenvalue weighted by Crippen LogP contribution is 2.35. The van der Waals surface area contributed by atoms with Crippen molar-refractivity contribution in [1.29, 1.82) is 0 Å². The number of thiazole rings is 1. The molecule has 9 heteroatoms. The zero-order valence-corrected chi connectivity index (χ0v) is 21.1. The van der Waals surface area contributed by atoms with Gasteiger partial charge in [0.1, 0.15) is 11.7 Å². The fourth-order valence-corrected chi connectivity index (χ4v) is 5.58. The molecule has 5 rings (SSSR count). The normalized spacial score (nSPS) is 17.3. The van der Waals surface area contributed by atoms with Crippen LogP contribution < -0.4 is 5.73 Å². The summed E-state index contributed by atoms with van der Waals surface area (Å²) in [6, 6.07) is 14.7. The number of benzene rings is 2. The highest BCUT2D eigenvalue weighted by Gasteiger charge is 2.33. The first-order valence-corrected chi connectivity index (χ1v) is 12.8. The third-order valence-electron chi connectivity index (χ3n) is 6.40. The second-order valence-electron chi connectivity index (χ2n) is 9.53. The van der Waals surface area contributed by atoms with Gasteiger partial charge in [0.2, 0.25) is 11.8 Å². The maximum absolute atomic E-state index is 13.8. The summed E-state index contributed by atoms with van der Waals surface area (Å²) in [7, 11) is 0. The molecule has 1 saturated heterocycles. The molecule has 0 aliphatic carbocycles. The Kier molecular flexibility index (Phi) is 6.68. The average Bonchev–Trinajstić information content (AvgIpc) is 3.64. The highest BCUT2D eigenvalue weighted by molar-refractivity contribution is 7.09. The maximum Gasteiger partial charge on any atom is 0.254 e. The molecule has 2 aromatic heterocycles. The van der Waals surface area contributed by atoms with E-state index in [0.717, 1.165) is 29.1 Å². The first kappa shape index (κ1) is 24.3. The molecule has 2 atom stereocenters. The third kappa shape index (κ3) is 4.94. The number of hydrogen-bond donors (Lipinski definition) is 1. The van der Waals surface area contributed by atoms with E-state index in [1.54, 1.807) is 29.5 Å². The van der Waals surface area contributed by atoms with Crippen LogP contribution in [0.5, 0.6) is 0 Å². The van der Waals surface area contributed by atoms with E-state index in [-0.39, 0.29) is 23.7 Å². The Bertz CT molecular complexity index is 1370. The number of alkyl halides is 1. The standard InChI is InChI=1S/C27H28FN5O2S/c1-17-16-36-24(30-17)22-9-6-10-33(22)25(34)21-12-19(15-28)11-20(13-21)23-31-32-26(35-23)27(2,29)14-18-7-4-3-5-8-18/h3-5,7-8,11-13,16,22H,6,9-10,14-15,29H2,1-2H3. The number of halogens is 1. The quantitative estimate of drug-likeness (QED) is 0.363. The number of hydrogen-bond acceptors (Lipinski definition) is 7. The Morgan fingerprint density at radius 1 is 1.22 bits per heavy atom. The molecule has 1 aliphatic heterocycles. The fraction of sp³-hybridized carbons (Fsp3) is 0.333. The number of carbonyl (C=O) groups excluding carboxylic acids is 1. The van der Waals surface area contributed by atoms with E-state index in [2.05, 4.69) is 15.2 Å². The maximum atomic E-state index is 13.8. The molecule has 1 aliphatic rings. The molecule has 186 valence electrons. The lowest BCUT2D eigenvalue weighted by Gasteiger charge is -2.23. The van der Waals surface area contributed by atoms with Gasteiger partial charge in [0.25, 0.3) is 5.91 Å². The van der Waals surface area contributed by atoms with Crippen LogP contribution in [0.25, 0.3) is 11.5 Å². The van der Waals surface area contributed by atoms with Crippen molar-refractivity contribution < 1.29 is 13.6 Å². The zero-order chi connectivity index (χ0) is 25.3. The smallest absolute Gasteiger partial charge is 0.254 e. The average molecular weight is 506 g/mol. The van der Waals surface area contributed by atoms with Crippen LogP contribution in [0.1, 0.15) is 63.9 Å². The summed E-state index contributed by atoms with van der Waals surface area (Å²) in [5.41, 5.74) is 8.88. The lowest BCUT2D eigenvalue weighted by molar-refractivity contribution is 0.0735. The van der Waals surface area contributed by atoms with Crippen molar-refractivity contribution in [1.82, 2.24) is 20.1 Å². The third-order valence-corrected chi connectivity index (χ3v) is 7.47. The lowest BCUT2D eigenvalue weighted by atomic mass is 9.94. The predicted octanol–water partition coefficient (Wildman–Crippen LogP) is 5.36. The molecule has 36 heavy (non-hydrogen) atoms. The molecule has 3 heterocycles. The second kappa shape index (κ2) is 9.91. The molecule has 1 amide bonds. The van der Waals surface area contributed by atoms with Crippen LogP contribution in [-0.4, -0.2) is 32.5 Å². The van der Waals surface area contributed by atoms with E-state index in [9.17, 15) is 9.18 Å². The van der Waals surface area contributed by atoms with Crippen LogP contribution in [0.4, 0.5) is 4.39 Å². The summed E-state index contributed by atoms with van der Waals surface area (Å²) in [6.07, 6.45) is 2.27. The number of nitrogens with two attached hydrogens (primary N) is 1. The minimum Gasteiger partial charge on any atom is -0.419 e. The summed E-state index contributed by atoms with van der Waals surface area (Å²) in [6.45, 7) is 3.70. The Morgan fingerprint density at radius 2 is 2.03 bits per heavy atom. The van der Waals surface area contributed by atoms with Crippen LogP contribution >= 0.6 is 11.3 Å². The van der Waals surface area contributed by atoms with Crippen molar-refractivity contribution in [2.75, 3.05) is 6.54 Å². The number of aryl methyl sites for hydroxylation is 1. The van der Waals surface area contributed by atoms with Gasteiger partial charge < -0.3 is 15.1 Å². The molecule has 2 N–H and O–H groups in total. The van der Waals surface area contributed by atoms with Gasteiger partial charge in [0.05, 0.1) is 11.6 Å². The first-order valence-electron chi connectivity index (χ1n) is 11.9. The van der Waals surface area contributed by atoms with Gasteiger partial charge in [-0.1, -0.05) is 30.3 Å². The molecule has 2 unspecified atom stereocenters. The van der Waals surface area contributed by atoms with Crippen molar-refractivity contribution in [3.8, 4) is 11.5 Å². The van der Waals surface area contributed by atoms with E-state index in [1.807, 2.05) is 54.5 Å². The van der Waals surface area contributed by atoms with E-state index < -0.39 is 12.2 Å². The van der Waals surface area contributed by atoms with Gasteiger partial charge >= 0.3 is 0 Å². The molecule has 0 bridgehead atoms. The molecule has 4 aromatic rings. The number of aromatic nitrogens is 3. The second-order valence-corrected chi connectivity index (χ2v) is 10.4. The van der Waals surface area contributed by atoms with Gasteiger partial charge in [-0.2, -0.15) is 0 Å². The van der Waals surface area contributed by atoms with Crippen molar-refractivity contribution in [2.24, 2.45) is 5.73 Å². The van der Waals surface area contributed by atoms with Crippen LogP contribution in [0.3, 0.4) is 0 Å². The fourth-order valence-electron chi connectivity index (χ4n) is 4.64. The number of carbonyl (C=O) groups is 1. The Balaban J connectivity index is 1.42. The minimum atomic E-state index is -0.891. The number of nitrogens with zero attached hydrogens (tertiary/aromatic N) is 4. The van der Waals surface area contributed by atoms with Crippen LogP contribution in [-0.2, 0) is 18.6 Å². The Morgan fingerprint density at radius 3 is 2.75 bits per heavy atom. The lowest BCUT2D eigenvalue weighted by Crippen LogP contribution is -2.35. The van der Waals surface area contributed by atoms with E-state index >= 15 is 0 Å². The van der Waals surface area contributed by atoms with Gasteiger partial charge in [-0.25, -0.2) is 9.37 Å². The predicted molar refractivity (Wildman–Crippen MR) is 136 cm³/mol. The highest BCUT2D eigenvalue weighted by atomic mass is 32.1. The van der Waals surface area contributed by atoms with Crippen LogP contribution in [0.15, 0.2) is 58.3 Å². The minimum absolute atomic E-state index is 0.0698. The molecule has 0 saturated carbocycles. The summed E-state index contributed by atoms with van der Waals surface area (Å²) in [5.74, 6) is 0.320. The summed E-state index contributed by atoms with van der Waals surface area (Å²) < 4.78 is 19.8. The molecule has 0 spiro atoms. The van der Waals surface area contributed by atoms with Crippen molar-refractivity contribution in [2.45, 2.75) is 51.4 Å². The summed E-state index contributed by atoms with van der Waals surface area (Å²) >= 11 is 1.57. The van der Waals surface area contributed by atoms with Gasteiger partial charge in [0.15, 0.2) is 0 Å². The van der Waals surface area contributed by atoms with Crippen molar-refractivity contribution >= 4 is 17.2 Å².